The monoisotopic (exact) mass is 544 g/mol. The van der Waals surface area contributed by atoms with Crippen LogP contribution in [-0.4, -0.2) is 50.2 Å². The molecule has 0 unspecified atom stereocenters. The first-order valence-electron chi connectivity index (χ1n) is 12.4. The molecule has 1 aliphatic carbocycles. The largest absolute Gasteiger partial charge is 0.507 e. The Morgan fingerprint density at radius 1 is 0.600 bits per heavy atom. The molecule has 1 aliphatic rings. The molecular formula is C30H24O10. The maximum absolute atomic E-state index is 13.7. The van der Waals surface area contributed by atoms with Gasteiger partial charge in [-0.2, -0.15) is 0 Å². The number of phenols is 2. The Morgan fingerprint density at radius 3 is 1.52 bits per heavy atom. The molecule has 0 fully saturated rings. The van der Waals surface area contributed by atoms with E-state index in [4.69, 9.17) is 18.9 Å². The Balaban J connectivity index is 2.17. The van der Waals surface area contributed by atoms with Crippen LogP contribution in [0.2, 0.25) is 0 Å². The fourth-order valence-electron chi connectivity index (χ4n) is 6.76. The van der Waals surface area contributed by atoms with E-state index in [0.29, 0.717) is 16.3 Å². The first-order valence-corrected chi connectivity index (χ1v) is 12.4. The van der Waals surface area contributed by atoms with Crippen molar-refractivity contribution in [2.75, 3.05) is 28.4 Å². The van der Waals surface area contributed by atoms with Crippen molar-refractivity contribution in [3.8, 4) is 34.5 Å². The average Bonchev–Trinajstić information content (AvgIpc) is 2.90. The fraction of sp³-hybridized carbons (Fsp3) is 0.267. The maximum atomic E-state index is 13.7. The molecule has 6 rings (SSSR count). The van der Waals surface area contributed by atoms with Crippen LogP contribution in [0.5, 0.6) is 34.5 Å². The molecule has 10 heteroatoms. The average molecular weight is 545 g/mol. The third-order valence-corrected chi connectivity index (χ3v) is 8.11. The number of carbonyl (C=O) groups is 2. The lowest BCUT2D eigenvalue weighted by Crippen LogP contribution is -2.28. The van der Waals surface area contributed by atoms with Gasteiger partial charge in [-0.15, -0.1) is 0 Å². The van der Waals surface area contributed by atoms with Gasteiger partial charge in [0.05, 0.1) is 51.0 Å². The van der Waals surface area contributed by atoms with E-state index < -0.39 is 34.2 Å². The molecule has 10 nitrogen and oxygen atoms in total. The smallest absolute Gasteiger partial charge is 0.235 e. The summed E-state index contributed by atoms with van der Waals surface area (Å²) < 4.78 is 22.4. The molecule has 40 heavy (non-hydrogen) atoms. The molecule has 0 saturated carbocycles. The van der Waals surface area contributed by atoms with Gasteiger partial charge in [0, 0.05) is 21.5 Å². The first kappa shape index (κ1) is 25.4. The molecular weight excluding hydrogens is 520 g/mol. The van der Waals surface area contributed by atoms with Crippen molar-refractivity contribution in [3.05, 3.63) is 43.7 Å². The highest BCUT2D eigenvalue weighted by atomic mass is 16.5. The maximum Gasteiger partial charge on any atom is 0.235 e. The number of carbonyl (C=O) groups excluding carboxylic acids is 2. The Labute approximate surface area is 225 Å². The molecule has 0 spiro atoms. The third-order valence-electron chi connectivity index (χ3n) is 8.11. The second-order valence-electron chi connectivity index (χ2n) is 9.94. The molecule has 0 radical (unpaired) electrons. The van der Waals surface area contributed by atoms with Crippen molar-refractivity contribution in [1.29, 1.82) is 0 Å². The summed E-state index contributed by atoms with van der Waals surface area (Å²) in [5, 5.41) is 24.1. The van der Waals surface area contributed by atoms with Crippen molar-refractivity contribution in [3.63, 3.8) is 0 Å². The van der Waals surface area contributed by atoms with Crippen LogP contribution in [0.1, 0.15) is 36.8 Å². The van der Waals surface area contributed by atoms with E-state index in [9.17, 15) is 29.4 Å². The van der Waals surface area contributed by atoms with E-state index in [0.717, 1.165) is 0 Å². The number of benzene rings is 5. The normalized spacial score (nSPS) is 16.4. The summed E-state index contributed by atoms with van der Waals surface area (Å²) in [6, 6.07) is 2.57. The van der Waals surface area contributed by atoms with Crippen molar-refractivity contribution in [1.82, 2.24) is 0 Å². The quantitative estimate of drug-likeness (QED) is 0.240. The molecule has 2 N–H and O–H groups in total. The Hall–Kier alpha value is -4.86. The highest BCUT2D eigenvalue weighted by Gasteiger charge is 2.42. The Kier molecular flexibility index (Phi) is 5.29. The molecule has 0 bridgehead atoms. The van der Waals surface area contributed by atoms with Gasteiger partial charge in [0.15, 0.2) is 22.7 Å². The Bertz CT molecular complexity index is 2050. The second kappa shape index (κ2) is 8.32. The zero-order chi connectivity index (χ0) is 28.9. The fourth-order valence-corrected chi connectivity index (χ4v) is 6.76. The van der Waals surface area contributed by atoms with E-state index in [1.54, 1.807) is 0 Å². The van der Waals surface area contributed by atoms with E-state index in [1.807, 2.05) is 0 Å². The van der Waals surface area contributed by atoms with Gasteiger partial charge >= 0.3 is 0 Å². The number of methoxy groups -OCH3 is 4. The summed E-state index contributed by atoms with van der Waals surface area (Å²) >= 11 is 0. The lowest BCUT2D eigenvalue weighted by molar-refractivity contribution is -0.125. The standard InChI is InChI=1S/C30H24O10/c1-9(31)15-11-7-13(33)19-21-17(11)18-12(16(15)10(2)32)8-14(34)20-22(18)24(28(38-4)30(40-6)26(20)36)23(21)27(37-3)29(39-5)25(19)35/h7-8,15-16,33,36H,1-6H3/t15-,16-/m1/s1. The van der Waals surface area contributed by atoms with Crippen LogP contribution in [-0.2, 0) is 9.59 Å². The number of Topliss-reactive ketones (excluding diaryl/α,β-unsaturated/α-hetero) is 2. The SMILES string of the molecule is COc1c(O)c2c(=O)cc3c4c5c(cc(O)c6c(=O)c(OC)c(OC)c(c(c1OC)c24)c65)[C@@H](C(C)=O)[C@@H]3C(C)=O. The van der Waals surface area contributed by atoms with Gasteiger partial charge in [-0.25, -0.2) is 0 Å². The minimum atomic E-state index is -1.05. The number of hydrogen-bond acceptors (Lipinski definition) is 10. The summed E-state index contributed by atoms with van der Waals surface area (Å²) in [6.45, 7) is 2.67. The van der Waals surface area contributed by atoms with Crippen molar-refractivity contribution >= 4 is 54.7 Å². The van der Waals surface area contributed by atoms with Gasteiger partial charge < -0.3 is 29.2 Å². The van der Waals surface area contributed by atoms with Crippen LogP contribution < -0.4 is 29.8 Å². The lowest BCUT2D eigenvalue weighted by atomic mass is 9.68. The number of ketones is 2. The van der Waals surface area contributed by atoms with Crippen LogP contribution in [0, 0.1) is 0 Å². The molecule has 204 valence electrons. The van der Waals surface area contributed by atoms with Gasteiger partial charge in [0.2, 0.25) is 16.9 Å². The Morgan fingerprint density at radius 2 is 1.05 bits per heavy atom. The predicted molar refractivity (Wildman–Crippen MR) is 148 cm³/mol. The van der Waals surface area contributed by atoms with E-state index in [1.165, 1.54) is 54.4 Å². The molecule has 5 aromatic carbocycles. The number of phenolic OH excluding ortho intramolecular Hbond substituents is 2. The van der Waals surface area contributed by atoms with Gasteiger partial charge in [-0.05, 0) is 47.9 Å². The van der Waals surface area contributed by atoms with E-state index in [2.05, 4.69) is 0 Å². The minimum absolute atomic E-state index is 0.00305. The number of fused-ring (bicyclic) bond motifs is 1. The van der Waals surface area contributed by atoms with E-state index in [-0.39, 0.29) is 72.4 Å². The molecule has 0 heterocycles. The highest BCUT2D eigenvalue weighted by Crippen LogP contribution is 2.59. The second-order valence-corrected chi connectivity index (χ2v) is 9.94. The van der Waals surface area contributed by atoms with Gasteiger partial charge in [-0.1, -0.05) is 0 Å². The van der Waals surface area contributed by atoms with Crippen LogP contribution in [0.15, 0.2) is 21.7 Å². The molecule has 2 atom stereocenters. The number of hydrogen-bond donors (Lipinski definition) is 2. The number of rotatable bonds is 6. The zero-order valence-electron chi connectivity index (χ0n) is 22.5. The summed E-state index contributed by atoms with van der Waals surface area (Å²) in [6.07, 6.45) is 0. The summed E-state index contributed by atoms with van der Waals surface area (Å²) in [7, 11) is 5.28. The van der Waals surface area contributed by atoms with Gasteiger partial charge in [0.1, 0.15) is 17.3 Å². The molecule has 0 aliphatic heterocycles. The number of aromatic hydroxyl groups is 2. The third kappa shape index (κ3) is 2.77. The topological polar surface area (TPSA) is 146 Å². The van der Waals surface area contributed by atoms with E-state index >= 15 is 0 Å². The molecule has 5 aromatic rings. The van der Waals surface area contributed by atoms with Crippen LogP contribution >= 0.6 is 0 Å². The highest BCUT2D eigenvalue weighted by molar-refractivity contribution is 6.39. The molecule has 0 saturated heterocycles. The number of ether oxygens (including phenoxy) is 4. The predicted octanol–water partition coefficient (Wildman–Crippen LogP) is 3.70. The van der Waals surface area contributed by atoms with Gasteiger partial charge in [0.25, 0.3) is 0 Å². The molecule has 0 aromatic heterocycles. The summed E-state index contributed by atoms with van der Waals surface area (Å²) in [4.78, 5) is 53.7. The zero-order valence-corrected chi connectivity index (χ0v) is 22.5. The minimum Gasteiger partial charge on any atom is -0.507 e. The van der Waals surface area contributed by atoms with Crippen molar-refractivity contribution in [2.24, 2.45) is 0 Å². The van der Waals surface area contributed by atoms with Gasteiger partial charge in [-0.3, -0.25) is 19.2 Å². The summed E-state index contributed by atoms with van der Waals surface area (Å²) in [5.41, 5.74) is -0.656. The lowest BCUT2D eigenvalue weighted by Gasteiger charge is -2.33. The van der Waals surface area contributed by atoms with Crippen LogP contribution in [0.25, 0.3) is 43.1 Å². The van der Waals surface area contributed by atoms with Crippen molar-refractivity contribution in [2.45, 2.75) is 25.7 Å². The van der Waals surface area contributed by atoms with Crippen molar-refractivity contribution < 1.29 is 38.7 Å². The first-order chi connectivity index (χ1) is 19.0. The van der Waals surface area contributed by atoms with Crippen LogP contribution in [0.3, 0.4) is 0 Å². The van der Waals surface area contributed by atoms with Crippen LogP contribution in [0.4, 0.5) is 0 Å². The summed E-state index contributed by atoms with van der Waals surface area (Å²) in [5.74, 6) is -4.01. The molecule has 0 amide bonds.